The van der Waals surface area contributed by atoms with Gasteiger partial charge in [0.15, 0.2) is 0 Å². The van der Waals surface area contributed by atoms with Gasteiger partial charge in [-0.2, -0.15) is 0 Å². The Morgan fingerprint density at radius 3 is 2.84 bits per heavy atom. The van der Waals surface area contributed by atoms with E-state index in [4.69, 9.17) is 4.74 Å². The second-order valence-corrected chi connectivity index (χ2v) is 4.03. The van der Waals surface area contributed by atoms with Crippen LogP contribution in [0.2, 0.25) is 0 Å². The van der Waals surface area contributed by atoms with Gasteiger partial charge in [-0.15, -0.1) is 0 Å². The van der Waals surface area contributed by atoms with Gasteiger partial charge in [-0.05, 0) is 19.4 Å². The highest BCUT2D eigenvalue weighted by molar-refractivity contribution is 5.62. The molecule has 1 N–H and O–H groups in total. The fraction of sp³-hybridized carbons (Fsp3) is 0.357. The molecule has 2 rings (SSSR count). The zero-order chi connectivity index (χ0) is 13.5. The van der Waals surface area contributed by atoms with Gasteiger partial charge in [-0.1, -0.05) is 6.92 Å². The smallest absolute Gasteiger partial charge is 0.213 e. The Bertz CT molecular complexity index is 530. The molecule has 0 saturated carbocycles. The summed E-state index contributed by atoms with van der Waals surface area (Å²) in [6.45, 7) is 5.55. The molecule has 2 heterocycles. The molecular formula is C14H18N4O. The van der Waals surface area contributed by atoms with Gasteiger partial charge in [-0.3, -0.25) is 0 Å². The van der Waals surface area contributed by atoms with E-state index in [0.29, 0.717) is 12.5 Å². The highest BCUT2D eigenvalue weighted by atomic mass is 16.5. The fourth-order valence-corrected chi connectivity index (χ4v) is 1.66. The number of rotatable bonds is 6. The Kier molecular flexibility index (Phi) is 4.66. The van der Waals surface area contributed by atoms with E-state index in [9.17, 15) is 0 Å². The molecule has 2 aromatic heterocycles. The normalized spacial score (nSPS) is 10.2. The summed E-state index contributed by atoms with van der Waals surface area (Å²) in [6.07, 6.45) is 4.35. The molecule has 0 unspecified atom stereocenters. The first-order valence-electron chi connectivity index (χ1n) is 6.48. The lowest BCUT2D eigenvalue weighted by molar-refractivity contribution is 0.327. The van der Waals surface area contributed by atoms with Crippen LogP contribution in [0, 0.1) is 0 Å². The molecule has 5 nitrogen and oxygen atoms in total. The Balaban J connectivity index is 2.23. The van der Waals surface area contributed by atoms with Crippen LogP contribution in [0.3, 0.4) is 0 Å². The summed E-state index contributed by atoms with van der Waals surface area (Å²) in [4.78, 5) is 12.6. The third-order valence-electron chi connectivity index (χ3n) is 2.55. The monoisotopic (exact) mass is 258 g/mol. The van der Waals surface area contributed by atoms with Crippen molar-refractivity contribution in [1.82, 2.24) is 15.0 Å². The van der Waals surface area contributed by atoms with E-state index >= 15 is 0 Å². The second-order valence-electron chi connectivity index (χ2n) is 4.03. The van der Waals surface area contributed by atoms with Gasteiger partial charge in [0.1, 0.15) is 12.1 Å². The van der Waals surface area contributed by atoms with E-state index in [0.717, 1.165) is 30.0 Å². The molecule has 0 radical (unpaired) electrons. The molecule has 0 aliphatic carbocycles. The zero-order valence-electron chi connectivity index (χ0n) is 11.3. The summed E-state index contributed by atoms with van der Waals surface area (Å²) in [5.74, 6) is 1.45. The van der Waals surface area contributed by atoms with Crippen LogP contribution in [0.15, 0.2) is 30.7 Å². The summed E-state index contributed by atoms with van der Waals surface area (Å²) in [5.41, 5.74) is 1.83. The Morgan fingerprint density at radius 1 is 1.16 bits per heavy atom. The maximum atomic E-state index is 5.39. The highest BCUT2D eigenvalue weighted by Gasteiger charge is 2.04. The topological polar surface area (TPSA) is 59.9 Å². The molecule has 0 saturated heterocycles. The largest absolute Gasteiger partial charge is 0.478 e. The molecule has 100 valence electrons. The van der Waals surface area contributed by atoms with E-state index in [1.54, 1.807) is 12.5 Å². The van der Waals surface area contributed by atoms with Crippen LogP contribution in [0.25, 0.3) is 11.3 Å². The minimum Gasteiger partial charge on any atom is -0.478 e. The minimum atomic E-state index is 0.601. The van der Waals surface area contributed by atoms with Crippen molar-refractivity contribution in [2.24, 2.45) is 0 Å². The molecule has 2 aromatic rings. The minimum absolute atomic E-state index is 0.601. The summed E-state index contributed by atoms with van der Waals surface area (Å²) in [6, 6.07) is 5.73. The van der Waals surface area contributed by atoms with Crippen molar-refractivity contribution in [3.05, 3.63) is 30.7 Å². The van der Waals surface area contributed by atoms with Crippen molar-refractivity contribution in [2.45, 2.75) is 20.3 Å². The summed E-state index contributed by atoms with van der Waals surface area (Å²) < 4.78 is 5.39. The van der Waals surface area contributed by atoms with Crippen LogP contribution in [0.1, 0.15) is 20.3 Å². The fourth-order valence-electron chi connectivity index (χ4n) is 1.66. The second kappa shape index (κ2) is 6.68. The van der Waals surface area contributed by atoms with Crippen molar-refractivity contribution in [2.75, 3.05) is 18.5 Å². The van der Waals surface area contributed by atoms with Crippen molar-refractivity contribution < 1.29 is 4.74 Å². The molecule has 0 atom stereocenters. The number of nitrogens with zero attached hydrogens (tertiary/aromatic N) is 3. The van der Waals surface area contributed by atoms with Crippen LogP contribution in [0.4, 0.5) is 5.82 Å². The van der Waals surface area contributed by atoms with Gasteiger partial charge in [0.05, 0.1) is 12.3 Å². The average Bonchev–Trinajstić information content (AvgIpc) is 2.46. The molecule has 0 aliphatic heterocycles. The highest BCUT2D eigenvalue weighted by Crippen LogP contribution is 2.21. The molecule has 19 heavy (non-hydrogen) atoms. The molecule has 0 bridgehead atoms. The predicted octanol–water partition coefficient (Wildman–Crippen LogP) is 2.76. The molecule has 0 spiro atoms. The van der Waals surface area contributed by atoms with Crippen molar-refractivity contribution in [3.8, 4) is 17.1 Å². The Morgan fingerprint density at radius 2 is 2.05 bits per heavy atom. The number of hydrogen-bond acceptors (Lipinski definition) is 5. The van der Waals surface area contributed by atoms with Crippen LogP contribution >= 0.6 is 0 Å². The molecule has 0 aromatic carbocycles. The lowest BCUT2D eigenvalue weighted by atomic mass is 10.2. The maximum Gasteiger partial charge on any atom is 0.213 e. The van der Waals surface area contributed by atoms with Crippen LogP contribution in [-0.2, 0) is 0 Å². The van der Waals surface area contributed by atoms with Gasteiger partial charge in [-0.25, -0.2) is 15.0 Å². The van der Waals surface area contributed by atoms with Gasteiger partial charge in [0.2, 0.25) is 5.88 Å². The molecule has 5 heteroatoms. The quantitative estimate of drug-likeness (QED) is 0.863. The number of ether oxygens (including phenoxy) is 1. The average molecular weight is 258 g/mol. The first kappa shape index (κ1) is 13.3. The molecule has 0 aliphatic rings. The van der Waals surface area contributed by atoms with Crippen LogP contribution in [0.5, 0.6) is 5.88 Å². The van der Waals surface area contributed by atoms with E-state index in [2.05, 4.69) is 27.2 Å². The molecular weight excluding hydrogens is 240 g/mol. The van der Waals surface area contributed by atoms with Crippen LogP contribution < -0.4 is 10.1 Å². The van der Waals surface area contributed by atoms with Crippen molar-refractivity contribution in [1.29, 1.82) is 0 Å². The number of hydrogen-bond donors (Lipinski definition) is 1. The van der Waals surface area contributed by atoms with Crippen LogP contribution in [-0.4, -0.2) is 28.1 Å². The van der Waals surface area contributed by atoms with E-state index in [1.807, 2.05) is 25.1 Å². The molecule has 0 amide bonds. The zero-order valence-corrected chi connectivity index (χ0v) is 11.3. The SMILES string of the molecule is CCCNc1cc(-c2ccnc(OCC)c2)ncn1. The number of aromatic nitrogens is 3. The number of anilines is 1. The standard InChI is InChI=1S/C14H18N4O/c1-3-6-15-13-9-12(17-10-18-13)11-5-7-16-14(8-11)19-4-2/h5,7-10H,3-4,6H2,1-2H3,(H,15,17,18). The van der Waals surface area contributed by atoms with Gasteiger partial charge in [0.25, 0.3) is 0 Å². The number of nitrogens with one attached hydrogen (secondary N) is 1. The van der Waals surface area contributed by atoms with E-state index in [-0.39, 0.29) is 0 Å². The third kappa shape index (κ3) is 3.64. The molecule has 0 fully saturated rings. The number of pyridine rings is 1. The van der Waals surface area contributed by atoms with Gasteiger partial charge in [0, 0.05) is 30.4 Å². The summed E-state index contributed by atoms with van der Waals surface area (Å²) in [5, 5.41) is 3.25. The summed E-state index contributed by atoms with van der Waals surface area (Å²) in [7, 11) is 0. The van der Waals surface area contributed by atoms with Gasteiger partial charge >= 0.3 is 0 Å². The first-order valence-corrected chi connectivity index (χ1v) is 6.48. The first-order chi connectivity index (χ1) is 9.33. The maximum absolute atomic E-state index is 5.39. The van der Waals surface area contributed by atoms with Crippen molar-refractivity contribution >= 4 is 5.82 Å². The third-order valence-corrected chi connectivity index (χ3v) is 2.55. The summed E-state index contributed by atoms with van der Waals surface area (Å²) >= 11 is 0. The van der Waals surface area contributed by atoms with Gasteiger partial charge < -0.3 is 10.1 Å². The van der Waals surface area contributed by atoms with E-state index in [1.165, 1.54) is 0 Å². The Labute approximate surface area is 113 Å². The lowest BCUT2D eigenvalue weighted by Crippen LogP contribution is -2.02. The Hall–Kier alpha value is -2.17. The van der Waals surface area contributed by atoms with E-state index < -0.39 is 0 Å². The lowest BCUT2D eigenvalue weighted by Gasteiger charge is -2.07. The van der Waals surface area contributed by atoms with Crippen molar-refractivity contribution in [3.63, 3.8) is 0 Å². The predicted molar refractivity (Wildman–Crippen MR) is 75.2 cm³/mol.